The molecule has 1 aliphatic carbocycles. The van der Waals surface area contributed by atoms with Gasteiger partial charge in [-0.05, 0) is 43.4 Å². The molecule has 0 radical (unpaired) electrons. The largest absolute Gasteiger partial charge is 0.490 e. The molecule has 5 rings (SSSR count). The summed E-state index contributed by atoms with van der Waals surface area (Å²) in [6.45, 7) is 0.648. The van der Waals surface area contributed by atoms with E-state index in [0.717, 1.165) is 18.5 Å². The van der Waals surface area contributed by atoms with E-state index < -0.39 is 24.0 Å². The SMILES string of the molecule is O=C(O)C(F)(F)F.O=C(O)[C@@H]1C[C@H]2CC[C@@H]1N(C(=O)c1cccc(Nc3cnccn3)c1)C2. The molecule has 2 aromatic rings. The van der Waals surface area contributed by atoms with Crippen molar-refractivity contribution < 1.29 is 37.8 Å². The lowest BCUT2D eigenvalue weighted by Crippen LogP contribution is -2.57. The van der Waals surface area contributed by atoms with E-state index in [2.05, 4.69) is 15.3 Å². The molecular formula is C21H21F3N4O5. The highest BCUT2D eigenvalue weighted by Gasteiger charge is 2.46. The highest BCUT2D eigenvalue weighted by molar-refractivity contribution is 5.96. The summed E-state index contributed by atoms with van der Waals surface area (Å²) in [5, 5.41) is 19.7. The van der Waals surface area contributed by atoms with Crippen LogP contribution in [0.25, 0.3) is 0 Å². The molecule has 33 heavy (non-hydrogen) atoms. The summed E-state index contributed by atoms with van der Waals surface area (Å²) >= 11 is 0. The Hall–Kier alpha value is -3.70. The number of carboxylic acids is 2. The summed E-state index contributed by atoms with van der Waals surface area (Å²) in [6.07, 6.45) is 2.16. The Labute approximate surface area is 186 Å². The minimum Gasteiger partial charge on any atom is -0.481 e. The molecule has 1 saturated carbocycles. The molecule has 3 fully saturated rings. The van der Waals surface area contributed by atoms with Crippen LogP contribution in [0, 0.1) is 11.8 Å². The highest BCUT2D eigenvalue weighted by atomic mass is 19.4. The average Bonchev–Trinajstić information content (AvgIpc) is 2.79. The first-order chi connectivity index (χ1) is 15.6. The molecule has 1 aromatic carbocycles. The highest BCUT2D eigenvalue weighted by Crippen LogP contribution is 2.40. The van der Waals surface area contributed by atoms with Crippen molar-refractivity contribution in [2.75, 3.05) is 11.9 Å². The van der Waals surface area contributed by atoms with E-state index in [1.165, 1.54) is 0 Å². The Morgan fingerprint density at radius 3 is 2.42 bits per heavy atom. The Kier molecular flexibility index (Phi) is 7.14. The van der Waals surface area contributed by atoms with Crippen molar-refractivity contribution in [3.05, 3.63) is 48.4 Å². The number of fused-ring (bicyclic) bond motifs is 3. The fourth-order valence-corrected chi connectivity index (χ4v) is 4.10. The second-order valence-corrected chi connectivity index (χ2v) is 7.75. The summed E-state index contributed by atoms with van der Waals surface area (Å²) in [7, 11) is 0. The topological polar surface area (TPSA) is 133 Å². The number of hydrogen-bond donors (Lipinski definition) is 3. The maximum Gasteiger partial charge on any atom is 0.490 e. The molecule has 1 aromatic heterocycles. The quantitative estimate of drug-likeness (QED) is 0.626. The summed E-state index contributed by atoms with van der Waals surface area (Å²) in [6, 6.07) is 7.00. The molecule has 2 aliphatic heterocycles. The number of halogens is 3. The number of aromatic nitrogens is 2. The minimum atomic E-state index is -5.08. The van der Waals surface area contributed by atoms with Crippen molar-refractivity contribution in [2.45, 2.75) is 31.5 Å². The molecule has 176 valence electrons. The van der Waals surface area contributed by atoms with Gasteiger partial charge in [0.15, 0.2) is 0 Å². The predicted octanol–water partition coefficient (Wildman–Crippen LogP) is 3.18. The number of nitrogens with one attached hydrogen (secondary N) is 1. The van der Waals surface area contributed by atoms with Crippen LogP contribution in [0.3, 0.4) is 0 Å². The third kappa shape index (κ3) is 5.96. The van der Waals surface area contributed by atoms with Gasteiger partial charge in [0.05, 0.1) is 12.1 Å². The van der Waals surface area contributed by atoms with Gasteiger partial charge < -0.3 is 20.4 Å². The van der Waals surface area contributed by atoms with Gasteiger partial charge in [-0.3, -0.25) is 14.6 Å². The molecule has 3 aliphatic rings. The maximum absolute atomic E-state index is 13.0. The minimum absolute atomic E-state index is 0.103. The summed E-state index contributed by atoms with van der Waals surface area (Å²) in [4.78, 5) is 43.4. The molecule has 3 atom stereocenters. The number of hydrogen-bond acceptors (Lipinski definition) is 6. The van der Waals surface area contributed by atoms with Crippen LogP contribution in [-0.2, 0) is 9.59 Å². The number of carboxylic acid groups (broad SMARTS) is 2. The standard InChI is InChI=1S/C19H20N4O3.C2HF3O2/c24-18(23-11-12-4-5-16(23)15(8-12)19(25)26)13-2-1-3-14(9-13)22-17-10-20-6-7-21-17;3-2(4,5)1(6)7/h1-3,6-7,9-10,12,15-16H,4-5,8,11H2,(H,21,22)(H,25,26);(H,6,7)/t12-,15-,16+;/m1./s1. The van der Waals surface area contributed by atoms with Crippen molar-refractivity contribution in [1.82, 2.24) is 14.9 Å². The smallest absolute Gasteiger partial charge is 0.481 e. The Morgan fingerprint density at radius 1 is 1.12 bits per heavy atom. The van der Waals surface area contributed by atoms with Crippen LogP contribution < -0.4 is 5.32 Å². The third-order valence-electron chi connectivity index (χ3n) is 5.54. The van der Waals surface area contributed by atoms with E-state index in [9.17, 15) is 27.9 Å². The number of piperidine rings is 2. The first kappa shape index (κ1) is 24.0. The van der Waals surface area contributed by atoms with Crippen LogP contribution in [-0.4, -0.2) is 61.7 Å². The molecule has 9 nitrogen and oxygen atoms in total. The molecule has 2 bridgehead atoms. The first-order valence-electron chi connectivity index (χ1n) is 10.0. The lowest BCUT2D eigenvalue weighted by atomic mass is 9.72. The number of alkyl halides is 3. The number of benzene rings is 1. The molecule has 0 spiro atoms. The van der Waals surface area contributed by atoms with Crippen molar-refractivity contribution >= 4 is 29.4 Å². The average molecular weight is 466 g/mol. The van der Waals surface area contributed by atoms with Crippen LogP contribution in [0.15, 0.2) is 42.9 Å². The Morgan fingerprint density at radius 2 is 1.85 bits per heavy atom. The van der Waals surface area contributed by atoms with Gasteiger partial charge in [-0.15, -0.1) is 0 Å². The molecule has 3 N–H and O–H groups in total. The monoisotopic (exact) mass is 466 g/mol. The number of carbonyl (C=O) groups is 3. The van der Waals surface area contributed by atoms with E-state index in [1.807, 2.05) is 12.1 Å². The molecule has 12 heteroatoms. The lowest BCUT2D eigenvalue weighted by molar-refractivity contribution is -0.192. The number of amides is 1. The summed E-state index contributed by atoms with van der Waals surface area (Å²) in [5.74, 6) is -3.23. The van der Waals surface area contributed by atoms with Crippen molar-refractivity contribution in [3.63, 3.8) is 0 Å². The predicted molar refractivity (Wildman–Crippen MR) is 109 cm³/mol. The number of nitrogens with zero attached hydrogens (tertiary/aromatic N) is 3. The van der Waals surface area contributed by atoms with Crippen LogP contribution in [0.2, 0.25) is 0 Å². The van der Waals surface area contributed by atoms with E-state index in [0.29, 0.717) is 24.3 Å². The van der Waals surface area contributed by atoms with Crippen LogP contribution in [0.1, 0.15) is 29.6 Å². The molecule has 1 amide bonds. The first-order valence-corrected chi connectivity index (χ1v) is 10.0. The summed E-state index contributed by atoms with van der Waals surface area (Å²) < 4.78 is 31.7. The van der Waals surface area contributed by atoms with Gasteiger partial charge in [0.1, 0.15) is 5.82 Å². The summed E-state index contributed by atoms with van der Waals surface area (Å²) in [5.41, 5.74) is 1.30. The van der Waals surface area contributed by atoms with Gasteiger partial charge in [-0.2, -0.15) is 13.2 Å². The number of anilines is 2. The van der Waals surface area contributed by atoms with Gasteiger partial charge in [-0.25, -0.2) is 9.78 Å². The zero-order valence-electron chi connectivity index (χ0n) is 17.2. The Balaban J connectivity index is 0.000000383. The van der Waals surface area contributed by atoms with Crippen molar-refractivity contribution in [3.8, 4) is 0 Å². The second kappa shape index (κ2) is 9.84. The van der Waals surface area contributed by atoms with Crippen LogP contribution in [0.4, 0.5) is 24.7 Å². The van der Waals surface area contributed by atoms with Gasteiger partial charge in [0.25, 0.3) is 5.91 Å². The molecule has 2 saturated heterocycles. The van der Waals surface area contributed by atoms with Crippen molar-refractivity contribution in [1.29, 1.82) is 0 Å². The zero-order valence-corrected chi connectivity index (χ0v) is 17.2. The van der Waals surface area contributed by atoms with Crippen LogP contribution in [0.5, 0.6) is 0 Å². The van der Waals surface area contributed by atoms with E-state index in [1.54, 1.807) is 35.6 Å². The Bertz CT molecular complexity index is 1020. The zero-order chi connectivity index (χ0) is 24.2. The lowest BCUT2D eigenvalue weighted by Gasteiger charge is -2.48. The normalized spacial score (nSPS) is 21.5. The third-order valence-corrected chi connectivity index (χ3v) is 5.54. The van der Waals surface area contributed by atoms with Gasteiger partial charge in [0, 0.05) is 36.2 Å². The van der Waals surface area contributed by atoms with Gasteiger partial charge in [-0.1, -0.05) is 6.07 Å². The van der Waals surface area contributed by atoms with Gasteiger partial charge in [0.2, 0.25) is 0 Å². The van der Waals surface area contributed by atoms with E-state index in [4.69, 9.17) is 9.90 Å². The maximum atomic E-state index is 13.0. The molecular weight excluding hydrogens is 445 g/mol. The molecule has 0 unspecified atom stereocenters. The van der Waals surface area contributed by atoms with Crippen molar-refractivity contribution in [2.24, 2.45) is 11.8 Å². The fourth-order valence-electron chi connectivity index (χ4n) is 4.10. The van der Waals surface area contributed by atoms with Crippen LogP contribution >= 0.6 is 0 Å². The molecule has 3 heterocycles. The van der Waals surface area contributed by atoms with Gasteiger partial charge >= 0.3 is 18.1 Å². The van der Waals surface area contributed by atoms with E-state index >= 15 is 0 Å². The number of aliphatic carboxylic acids is 2. The second-order valence-electron chi connectivity index (χ2n) is 7.75. The number of rotatable bonds is 4. The number of carbonyl (C=O) groups excluding carboxylic acids is 1. The van der Waals surface area contributed by atoms with E-state index in [-0.39, 0.29) is 17.9 Å². The fraction of sp³-hybridized carbons (Fsp3) is 0.381.